The molecule has 6 heteroatoms. The smallest absolute Gasteiger partial charge is 0.408 e. The molecule has 2 aliphatic rings. The highest BCUT2D eigenvalue weighted by Crippen LogP contribution is 2.29. The molecule has 0 unspecified atom stereocenters. The second-order valence-corrected chi connectivity index (χ2v) is 5.42. The summed E-state index contributed by atoms with van der Waals surface area (Å²) >= 11 is 0. The number of nitrogens with one attached hydrogen (secondary N) is 1. The fraction of sp³-hybridized carbons (Fsp3) is 0.375. The van der Waals surface area contributed by atoms with Gasteiger partial charge in [0.1, 0.15) is 18.8 Å². The molecule has 116 valence electrons. The van der Waals surface area contributed by atoms with Crippen molar-refractivity contribution in [1.82, 2.24) is 10.4 Å². The molecule has 6 nitrogen and oxygen atoms in total. The normalized spacial score (nSPS) is 23.4. The minimum Gasteiger partial charge on any atom is -0.445 e. The van der Waals surface area contributed by atoms with Crippen LogP contribution in [-0.4, -0.2) is 35.3 Å². The quantitative estimate of drug-likeness (QED) is 0.861. The van der Waals surface area contributed by atoms with Gasteiger partial charge in [0, 0.05) is 6.42 Å². The lowest BCUT2D eigenvalue weighted by Gasteiger charge is -2.25. The van der Waals surface area contributed by atoms with Gasteiger partial charge in [-0.25, -0.2) is 9.86 Å². The first-order valence-corrected chi connectivity index (χ1v) is 7.29. The summed E-state index contributed by atoms with van der Waals surface area (Å²) < 4.78 is 5.10. The fourth-order valence-electron chi connectivity index (χ4n) is 2.53. The summed E-state index contributed by atoms with van der Waals surface area (Å²) in [6.45, 7) is 1.78. The van der Waals surface area contributed by atoms with Gasteiger partial charge in [-0.2, -0.15) is 0 Å². The maximum absolute atomic E-state index is 12.2. The molecule has 0 spiro atoms. The number of rotatable bonds is 4. The van der Waals surface area contributed by atoms with Crippen molar-refractivity contribution in [2.45, 2.75) is 38.1 Å². The molecule has 3 atom stereocenters. The topological polar surface area (TPSA) is 67.9 Å². The van der Waals surface area contributed by atoms with E-state index < -0.39 is 12.1 Å². The van der Waals surface area contributed by atoms with Gasteiger partial charge in [-0.1, -0.05) is 42.5 Å². The molecule has 0 saturated carbocycles. The van der Waals surface area contributed by atoms with Crippen molar-refractivity contribution >= 4 is 12.0 Å². The zero-order chi connectivity index (χ0) is 15.5. The van der Waals surface area contributed by atoms with E-state index in [2.05, 4.69) is 5.32 Å². The number of hydrogen-bond acceptors (Lipinski definition) is 4. The number of carbonyl (C=O) groups excluding carboxylic acids is 2. The number of benzene rings is 1. The second-order valence-electron chi connectivity index (χ2n) is 5.42. The van der Waals surface area contributed by atoms with Crippen molar-refractivity contribution in [3.8, 4) is 0 Å². The van der Waals surface area contributed by atoms with E-state index in [-0.39, 0.29) is 24.7 Å². The molecular formula is C16H18N2O4. The highest BCUT2D eigenvalue weighted by Gasteiger charge is 2.40. The Hall–Kier alpha value is -2.34. The van der Waals surface area contributed by atoms with Crippen molar-refractivity contribution in [3.63, 3.8) is 0 Å². The largest absolute Gasteiger partial charge is 0.445 e. The van der Waals surface area contributed by atoms with Gasteiger partial charge >= 0.3 is 6.09 Å². The predicted molar refractivity (Wildman–Crippen MR) is 78.5 cm³/mol. The summed E-state index contributed by atoms with van der Waals surface area (Å²) in [5.41, 5.74) is 0.891. The Kier molecular flexibility index (Phi) is 4.11. The van der Waals surface area contributed by atoms with E-state index in [9.17, 15) is 9.59 Å². The van der Waals surface area contributed by atoms with Crippen LogP contribution in [0.25, 0.3) is 0 Å². The van der Waals surface area contributed by atoms with E-state index in [4.69, 9.17) is 9.57 Å². The second kappa shape index (κ2) is 6.19. The van der Waals surface area contributed by atoms with Crippen molar-refractivity contribution in [3.05, 3.63) is 48.0 Å². The molecule has 1 aliphatic carbocycles. The minimum atomic E-state index is -0.698. The van der Waals surface area contributed by atoms with E-state index in [0.29, 0.717) is 0 Å². The first-order valence-electron chi connectivity index (χ1n) is 7.29. The van der Waals surface area contributed by atoms with Crippen molar-refractivity contribution < 1.29 is 19.2 Å². The first kappa shape index (κ1) is 14.6. The van der Waals surface area contributed by atoms with E-state index in [0.717, 1.165) is 12.0 Å². The van der Waals surface area contributed by atoms with Crippen molar-refractivity contribution in [2.75, 3.05) is 0 Å². The number of hydroxylamine groups is 2. The monoisotopic (exact) mass is 302 g/mol. The molecule has 1 saturated heterocycles. The lowest BCUT2D eigenvalue weighted by Crippen LogP contribution is -2.48. The average Bonchev–Trinajstić information content (AvgIpc) is 3.16. The van der Waals surface area contributed by atoms with Crippen LogP contribution in [0.5, 0.6) is 0 Å². The van der Waals surface area contributed by atoms with Crippen LogP contribution in [0.15, 0.2) is 42.5 Å². The van der Waals surface area contributed by atoms with Crippen LogP contribution in [0.1, 0.15) is 18.9 Å². The van der Waals surface area contributed by atoms with Gasteiger partial charge in [0.2, 0.25) is 0 Å². The molecule has 0 radical (unpaired) electrons. The van der Waals surface area contributed by atoms with Crippen molar-refractivity contribution in [2.24, 2.45) is 0 Å². The van der Waals surface area contributed by atoms with Crippen LogP contribution in [0.2, 0.25) is 0 Å². The van der Waals surface area contributed by atoms with Crippen LogP contribution in [-0.2, 0) is 21.0 Å². The summed E-state index contributed by atoms with van der Waals surface area (Å²) in [6, 6.07) is 8.64. The molecule has 2 bridgehead atoms. The molecule has 0 aromatic heterocycles. The molecule has 3 rings (SSSR count). The van der Waals surface area contributed by atoms with Crippen LogP contribution >= 0.6 is 0 Å². The molecule has 1 heterocycles. The Morgan fingerprint density at radius 1 is 1.36 bits per heavy atom. The van der Waals surface area contributed by atoms with Crippen LogP contribution in [0.3, 0.4) is 0 Å². The Morgan fingerprint density at radius 3 is 2.77 bits per heavy atom. The van der Waals surface area contributed by atoms with Gasteiger partial charge < -0.3 is 10.1 Å². The summed E-state index contributed by atoms with van der Waals surface area (Å²) in [5, 5.41) is 3.87. The van der Waals surface area contributed by atoms with Gasteiger partial charge in [-0.3, -0.25) is 9.63 Å². The SMILES string of the molecule is C[C@@H](NC(=O)OCc1ccccc1)C(=O)N1O[C@H]2C=C[C@@H]1C2. The Bertz CT molecular complexity index is 587. The highest BCUT2D eigenvalue weighted by molar-refractivity contribution is 5.85. The van der Waals surface area contributed by atoms with E-state index >= 15 is 0 Å². The van der Waals surface area contributed by atoms with Gasteiger partial charge in [0.15, 0.2) is 0 Å². The Balaban J connectivity index is 1.47. The minimum absolute atomic E-state index is 0.0221. The number of hydrogen-bond donors (Lipinski definition) is 1. The molecule has 1 N–H and O–H groups in total. The van der Waals surface area contributed by atoms with Crippen molar-refractivity contribution in [1.29, 1.82) is 0 Å². The summed E-state index contributed by atoms with van der Waals surface area (Å²) in [4.78, 5) is 29.4. The maximum Gasteiger partial charge on any atom is 0.408 e. The summed E-state index contributed by atoms with van der Waals surface area (Å²) in [7, 11) is 0. The Morgan fingerprint density at radius 2 is 2.14 bits per heavy atom. The zero-order valence-corrected chi connectivity index (χ0v) is 12.3. The van der Waals surface area contributed by atoms with E-state index in [1.54, 1.807) is 6.92 Å². The first-order chi connectivity index (χ1) is 10.6. The lowest BCUT2D eigenvalue weighted by atomic mass is 10.2. The highest BCUT2D eigenvalue weighted by atomic mass is 16.7. The number of nitrogens with zero attached hydrogens (tertiary/aromatic N) is 1. The molecule has 1 aromatic rings. The molecule has 1 aromatic carbocycles. The van der Waals surface area contributed by atoms with E-state index in [1.807, 2.05) is 42.5 Å². The van der Waals surface area contributed by atoms with Gasteiger partial charge in [0.05, 0.1) is 6.04 Å². The predicted octanol–water partition coefficient (Wildman–Crippen LogP) is 1.77. The third-order valence-corrected chi connectivity index (χ3v) is 3.71. The molecule has 2 amide bonds. The number of fused-ring (bicyclic) bond motifs is 2. The third-order valence-electron chi connectivity index (χ3n) is 3.71. The number of alkyl carbamates (subject to hydrolysis) is 1. The average molecular weight is 302 g/mol. The fourth-order valence-corrected chi connectivity index (χ4v) is 2.53. The maximum atomic E-state index is 12.2. The van der Waals surface area contributed by atoms with Crippen LogP contribution in [0, 0.1) is 0 Å². The van der Waals surface area contributed by atoms with Crippen LogP contribution in [0.4, 0.5) is 4.79 Å². The van der Waals surface area contributed by atoms with Gasteiger partial charge in [0.25, 0.3) is 5.91 Å². The summed E-state index contributed by atoms with van der Waals surface area (Å²) in [5.74, 6) is -0.270. The Labute approximate surface area is 128 Å². The van der Waals surface area contributed by atoms with Crippen LogP contribution < -0.4 is 5.32 Å². The number of carbonyl (C=O) groups is 2. The molecule has 1 aliphatic heterocycles. The van der Waals surface area contributed by atoms with E-state index in [1.165, 1.54) is 5.06 Å². The summed E-state index contributed by atoms with van der Waals surface area (Å²) in [6.07, 6.45) is 4.04. The van der Waals surface area contributed by atoms with Gasteiger partial charge in [-0.15, -0.1) is 0 Å². The lowest BCUT2D eigenvalue weighted by molar-refractivity contribution is -0.184. The third kappa shape index (κ3) is 3.12. The standard InChI is InChI=1S/C16H18N2O4/c1-11(15(19)18-13-7-8-14(9-13)22-18)17-16(20)21-10-12-5-3-2-4-6-12/h2-8,11,13-14H,9-10H2,1H3,(H,17,20)/t11-,13-,14+/m1/s1. The van der Waals surface area contributed by atoms with Gasteiger partial charge in [-0.05, 0) is 12.5 Å². The molecule has 22 heavy (non-hydrogen) atoms. The molecule has 1 fully saturated rings. The zero-order valence-electron chi connectivity index (χ0n) is 12.3. The number of amides is 2. The number of ether oxygens (including phenoxy) is 1. The molecular weight excluding hydrogens is 284 g/mol.